The molecule has 2 N–H and O–H groups in total. The van der Waals surface area contributed by atoms with Crippen LogP contribution in [-0.2, 0) is 0 Å². The van der Waals surface area contributed by atoms with Crippen LogP contribution in [0.2, 0.25) is 5.02 Å². The molecule has 1 aromatic rings. The molecule has 0 aromatic heterocycles. The van der Waals surface area contributed by atoms with E-state index in [-0.39, 0.29) is 10.6 Å². The number of ether oxygens (including phenoxy) is 1. The number of halogens is 4. The van der Waals surface area contributed by atoms with Crippen LogP contribution in [0.25, 0.3) is 0 Å². The molecule has 0 aliphatic rings. The summed E-state index contributed by atoms with van der Waals surface area (Å²) in [6.45, 7) is 0. The molecule has 1 atom stereocenters. The zero-order chi connectivity index (χ0) is 11.6. The molecule has 0 bridgehead atoms. The number of hydrogen-bond donors (Lipinski definition) is 1. The molecule has 0 aliphatic heterocycles. The SMILES string of the molecule is COc1ccc([C@H](N)C(F)(F)F)cc1Cl. The van der Waals surface area contributed by atoms with Crippen LogP contribution >= 0.6 is 11.6 Å². The fourth-order valence-electron chi connectivity index (χ4n) is 1.07. The summed E-state index contributed by atoms with van der Waals surface area (Å²) in [5.41, 5.74) is 4.92. The molecule has 0 fully saturated rings. The van der Waals surface area contributed by atoms with E-state index < -0.39 is 12.2 Å². The van der Waals surface area contributed by atoms with Gasteiger partial charge in [-0.25, -0.2) is 0 Å². The van der Waals surface area contributed by atoms with Crippen molar-refractivity contribution in [2.45, 2.75) is 12.2 Å². The number of nitrogens with two attached hydrogens (primary N) is 1. The van der Waals surface area contributed by atoms with Crippen molar-refractivity contribution < 1.29 is 17.9 Å². The van der Waals surface area contributed by atoms with Gasteiger partial charge in [0.1, 0.15) is 11.8 Å². The average molecular weight is 240 g/mol. The molecular formula is C9H9ClF3NO. The summed E-state index contributed by atoms with van der Waals surface area (Å²) in [5, 5.41) is 0.106. The number of hydrogen-bond acceptors (Lipinski definition) is 2. The Hall–Kier alpha value is -0.940. The molecule has 0 amide bonds. The number of benzene rings is 1. The summed E-state index contributed by atoms with van der Waals surface area (Å²) in [6, 6.07) is 1.71. The zero-order valence-electron chi connectivity index (χ0n) is 7.81. The van der Waals surface area contributed by atoms with Crippen molar-refractivity contribution in [3.05, 3.63) is 28.8 Å². The standard InChI is InChI=1S/C9H9ClF3NO/c1-15-7-3-2-5(4-6(7)10)8(14)9(11,12)13/h2-4,8H,14H2,1H3/t8-/m0/s1. The second kappa shape index (κ2) is 4.28. The second-order valence-electron chi connectivity index (χ2n) is 2.91. The van der Waals surface area contributed by atoms with Crippen molar-refractivity contribution in [3.63, 3.8) is 0 Å². The van der Waals surface area contributed by atoms with Crippen molar-refractivity contribution in [3.8, 4) is 5.75 Å². The normalized spacial score (nSPS) is 13.7. The summed E-state index contributed by atoms with van der Waals surface area (Å²) in [4.78, 5) is 0. The van der Waals surface area contributed by atoms with Crippen LogP contribution in [0, 0.1) is 0 Å². The number of rotatable bonds is 2. The highest BCUT2D eigenvalue weighted by Crippen LogP contribution is 2.34. The van der Waals surface area contributed by atoms with Gasteiger partial charge in [-0.15, -0.1) is 0 Å². The van der Waals surface area contributed by atoms with Crippen molar-refractivity contribution in [2.75, 3.05) is 7.11 Å². The van der Waals surface area contributed by atoms with Crippen LogP contribution < -0.4 is 10.5 Å². The van der Waals surface area contributed by atoms with Gasteiger partial charge < -0.3 is 10.5 Å². The molecule has 0 aliphatic carbocycles. The van der Waals surface area contributed by atoms with Crippen LogP contribution in [0.4, 0.5) is 13.2 Å². The molecule has 0 saturated carbocycles. The van der Waals surface area contributed by atoms with E-state index in [1.807, 2.05) is 0 Å². The second-order valence-corrected chi connectivity index (χ2v) is 3.32. The Morgan fingerprint density at radius 3 is 2.40 bits per heavy atom. The number of methoxy groups -OCH3 is 1. The maximum absolute atomic E-state index is 12.2. The lowest BCUT2D eigenvalue weighted by atomic mass is 10.1. The summed E-state index contributed by atoms with van der Waals surface area (Å²) >= 11 is 5.68. The van der Waals surface area contributed by atoms with Crippen LogP contribution in [-0.4, -0.2) is 13.3 Å². The average Bonchev–Trinajstić information content (AvgIpc) is 2.15. The first kappa shape index (κ1) is 12.1. The monoisotopic (exact) mass is 239 g/mol. The van der Waals surface area contributed by atoms with Crippen molar-refractivity contribution in [2.24, 2.45) is 5.73 Å². The molecule has 0 unspecified atom stereocenters. The summed E-state index contributed by atoms with van der Waals surface area (Å²) in [6.07, 6.45) is -4.47. The van der Waals surface area contributed by atoms with E-state index in [9.17, 15) is 13.2 Å². The summed E-state index contributed by atoms with van der Waals surface area (Å²) < 4.78 is 41.6. The van der Waals surface area contributed by atoms with E-state index in [4.69, 9.17) is 22.1 Å². The molecule has 0 saturated heterocycles. The fourth-order valence-corrected chi connectivity index (χ4v) is 1.33. The van der Waals surface area contributed by atoms with Crippen LogP contribution in [0.1, 0.15) is 11.6 Å². The van der Waals surface area contributed by atoms with E-state index in [1.54, 1.807) is 0 Å². The first-order valence-corrected chi connectivity index (χ1v) is 4.39. The maximum atomic E-state index is 12.2. The van der Waals surface area contributed by atoms with Crippen molar-refractivity contribution in [1.82, 2.24) is 0 Å². The minimum Gasteiger partial charge on any atom is -0.495 e. The van der Waals surface area contributed by atoms with Crippen LogP contribution in [0.5, 0.6) is 5.75 Å². The molecule has 0 radical (unpaired) electrons. The van der Waals surface area contributed by atoms with E-state index in [0.29, 0.717) is 5.75 Å². The van der Waals surface area contributed by atoms with Gasteiger partial charge in [0.25, 0.3) is 0 Å². The van der Waals surface area contributed by atoms with Crippen LogP contribution in [0.3, 0.4) is 0 Å². The van der Waals surface area contributed by atoms with Gasteiger partial charge in [0, 0.05) is 0 Å². The molecule has 0 heterocycles. The number of alkyl halides is 3. The Bertz CT molecular complexity index is 354. The molecule has 2 nitrogen and oxygen atoms in total. The molecular weight excluding hydrogens is 231 g/mol. The fraction of sp³-hybridized carbons (Fsp3) is 0.333. The highest BCUT2D eigenvalue weighted by atomic mass is 35.5. The first-order valence-electron chi connectivity index (χ1n) is 4.02. The largest absolute Gasteiger partial charge is 0.495 e. The lowest BCUT2D eigenvalue weighted by Gasteiger charge is -2.16. The van der Waals surface area contributed by atoms with Gasteiger partial charge in [-0.1, -0.05) is 17.7 Å². The Balaban J connectivity index is 3.02. The van der Waals surface area contributed by atoms with Gasteiger partial charge in [-0.3, -0.25) is 0 Å². The quantitative estimate of drug-likeness (QED) is 0.861. The van der Waals surface area contributed by atoms with Gasteiger partial charge in [0.05, 0.1) is 12.1 Å². The predicted molar refractivity (Wildman–Crippen MR) is 51.0 cm³/mol. The van der Waals surface area contributed by atoms with Crippen molar-refractivity contribution >= 4 is 11.6 Å². The lowest BCUT2D eigenvalue weighted by molar-refractivity contribution is -0.149. The van der Waals surface area contributed by atoms with Gasteiger partial charge in [0.15, 0.2) is 0 Å². The summed E-state index contributed by atoms with van der Waals surface area (Å²) in [7, 11) is 1.38. The minimum atomic E-state index is -4.47. The molecule has 84 valence electrons. The Morgan fingerprint density at radius 2 is 2.00 bits per heavy atom. The highest BCUT2D eigenvalue weighted by molar-refractivity contribution is 6.32. The minimum absolute atomic E-state index is 0.0895. The third-order valence-electron chi connectivity index (χ3n) is 1.89. The molecule has 6 heteroatoms. The van der Waals surface area contributed by atoms with Gasteiger partial charge >= 0.3 is 6.18 Å². The van der Waals surface area contributed by atoms with Crippen LogP contribution in [0.15, 0.2) is 18.2 Å². The van der Waals surface area contributed by atoms with Gasteiger partial charge in [0.2, 0.25) is 0 Å². The highest BCUT2D eigenvalue weighted by Gasteiger charge is 2.37. The van der Waals surface area contributed by atoms with Gasteiger partial charge in [-0.2, -0.15) is 13.2 Å². The molecule has 1 aromatic carbocycles. The van der Waals surface area contributed by atoms with E-state index in [1.165, 1.54) is 19.2 Å². The Labute approximate surface area is 89.8 Å². The lowest BCUT2D eigenvalue weighted by Crippen LogP contribution is -2.28. The Morgan fingerprint density at radius 1 is 1.40 bits per heavy atom. The smallest absolute Gasteiger partial charge is 0.407 e. The maximum Gasteiger partial charge on any atom is 0.407 e. The third kappa shape index (κ3) is 2.76. The zero-order valence-corrected chi connectivity index (χ0v) is 8.56. The first-order chi connectivity index (χ1) is 6.86. The topological polar surface area (TPSA) is 35.2 Å². The third-order valence-corrected chi connectivity index (χ3v) is 2.18. The van der Waals surface area contributed by atoms with Gasteiger partial charge in [-0.05, 0) is 17.7 Å². The van der Waals surface area contributed by atoms with E-state index in [2.05, 4.69) is 0 Å². The molecule has 15 heavy (non-hydrogen) atoms. The molecule has 1 rings (SSSR count). The summed E-state index contributed by atoms with van der Waals surface area (Å²) in [5.74, 6) is 0.315. The van der Waals surface area contributed by atoms with E-state index in [0.717, 1.165) is 6.07 Å². The molecule has 0 spiro atoms. The van der Waals surface area contributed by atoms with E-state index >= 15 is 0 Å². The predicted octanol–water partition coefficient (Wildman–Crippen LogP) is 2.91. The van der Waals surface area contributed by atoms with Crippen molar-refractivity contribution in [1.29, 1.82) is 0 Å². The Kier molecular flexibility index (Phi) is 3.46.